The van der Waals surface area contributed by atoms with Crippen LogP contribution in [0.5, 0.6) is 0 Å². The zero-order chi connectivity index (χ0) is 16.2. The lowest BCUT2D eigenvalue weighted by atomic mass is 9.92. The third kappa shape index (κ3) is 4.60. The summed E-state index contributed by atoms with van der Waals surface area (Å²) in [6.45, 7) is 6.82. The molecule has 0 saturated carbocycles. The molecule has 0 heterocycles. The molecule has 21 heavy (non-hydrogen) atoms. The van der Waals surface area contributed by atoms with Gasteiger partial charge in [0.25, 0.3) is 0 Å². The normalized spacial score (nSPS) is 14.6. The van der Waals surface area contributed by atoms with Crippen molar-refractivity contribution in [3.63, 3.8) is 0 Å². The average molecular weight is 301 g/mol. The molecule has 0 aliphatic heterocycles. The highest BCUT2D eigenvalue weighted by Crippen LogP contribution is 2.32. The molecule has 0 aliphatic rings. The molecule has 1 aromatic rings. The van der Waals surface area contributed by atoms with Crippen LogP contribution in [0.2, 0.25) is 0 Å². The number of aliphatic hydroxyl groups excluding tert-OH is 1. The van der Waals surface area contributed by atoms with Gasteiger partial charge < -0.3 is 10.4 Å². The van der Waals surface area contributed by atoms with E-state index in [0.717, 1.165) is 18.2 Å². The van der Waals surface area contributed by atoms with Gasteiger partial charge in [-0.05, 0) is 29.7 Å². The number of rotatable bonds is 5. The van der Waals surface area contributed by atoms with Crippen molar-refractivity contribution in [2.24, 2.45) is 5.92 Å². The van der Waals surface area contributed by atoms with Gasteiger partial charge in [-0.3, -0.25) is 4.79 Å². The second-order valence-electron chi connectivity index (χ2n) is 5.05. The smallest absolute Gasteiger partial charge is 0.386 e. The SMILES string of the molecule is C=CC(=O)NC(C(C)C)C(O)c1cccc(C(F)(F)F)c1. The standard InChI is InChI=1S/C15H18F3NO2/c1-4-12(20)19-13(9(2)3)14(21)10-6-5-7-11(8-10)15(16,17)18/h4-9,13-14,21H,1H2,2-3H3,(H,19,20). The van der Waals surface area contributed by atoms with Crippen molar-refractivity contribution in [2.45, 2.75) is 32.2 Å². The quantitative estimate of drug-likeness (QED) is 0.821. The van der Waals surface area contributed by atoms with E-state index in [1.54, 1.807) is 13.8 Å². The summed E-state index contributed by atoms with van der Waals surface area (Å²) in [7, 11) is 0. The van der Waals surface area contributed by atoms with Gasteiger partial charge in [-0.25, -0.2) is 0 Å². The maximum Gasteiger partial charge on any atom is 0.416 e. The van der Waals surface area contributed by atoms with Crippen LogP contribution in [0, 0.1) is 5.92 Å². The van der Waals surface area contributed by atoms with Crippen LogP contribution < -0.4 is 5.32 Å². The number of hydrogen-bond acceptors (Lipinski definition) is 2. The number of nitrogens with one attached hydrogen (secondary N) is 1. The Morgan fingerprint density at radius 3 is 2.48 bits per heavy atom. The van der Waals surface area contributed by atoms with E-state index in [-0.39, 0.29) is 11.5 Å². The van der Waals surface area contributed by atoms with Crippen LogP contribution in [0.1, 0.15) is 31.1 Å². The number of aliphatic hydroxyl groups is 1. The molecular weight excluding hydrogens is 283 g/mol. The molecule has 0 spiro atoms. The van der Waals surface area contributed by atoms with Gasteiger partial charge in [0, 0.05) is 0 Å². The van der Waals surface area contributed by atoms with E-state index in [2.05, 4.69) is 11.9 Å². The first-order valence-electron chi connectivity index (χ1n) is 6.45. The summed E-state index contributed by atoms with van der Waals surface area (Å²) in [5.41, 5.74) is -0.732. The number of hydrogen-bond donors (Lipinski definition) is 2. The summed E-state index contributed by atoms with van der Waals surface area (Å²) in [5.74, 6) is -0.654. The van der Waals surface area contributed by atoms with Crippen LogP contribution in [-0.2, 0) is 11.0 Å². The maximum absolute atomic E-state index is 12.7. The predicted octanol–water partition coefficient (Wildman–Crippen LogP) is 3.07. The third-order valence-electron chi connectivity index (χ3n) is 3.11. The Hall–Kier alpha value is -1.82. The lowest BCUT2D eigenvalue weighted by Gasteiger charge is -2.27. The van der Waals surface area contributed by atoms with E-state index in [1.165, 1.54) is 12.1 Å². The average Bonchev–Trinajstić information content (AvgIpc) is 2.42. The molecule has 6 heteroatoms. The number of halogens is 3. The molecule has 0 bridgehead atoms. The molecule has 1 amide bonds. The molecule has 2 atom stereocenters. The number of alkyl halides is 3. The Kier molecular flexibility index (Phi) is 5.54. The summed E-state index contributed by atoms with van der Waals surface area (Å²) in [6.07, 6.45) is -4.67. The van der Waals surface area contributed by atoms with Gasteiger partial charge in [-0.1, -0.05) is 32.6 Å². The van der Waals surface area contributed by atoms with Gasteiger partial charge in [0.1, 0.15) is 0 Å². The van der Waals surface area contributed by atoms with E-state index in [0.29, 0.717) is 0 Å². The largest absolute Gasteiger partial charge is 0.416 e. The molecule has 116 valence electrons. The lowest BCUT2D eigenvalue weighted by Crippen LogP contribution is -2.42. The van der Waals surface area contributed by atoms with Gasteiger partial charge >= 0.3 is 6.18 Å². The first kappa shape index (κ1) is 17.2. The number of carbonyl (C=O) groups is 1. The molecule has 0 radical (unpaired) electrons. The molecule has 2 unspecified atom stereocenters. The highest BCUT2D eigenvalue weighted by Gasteiger charge is 2.32. The number of amides is 1. The first-order valence-corrected chi connectivity index (χ1v) is 6.45. The highest BCUT2D eigenvalue weighted by atomic mass is 19.4. The van der Waals surface area contributed by atoms with Crippen LogP contribution in [0.4, 0.5) is 13.2 Å². The van der Waals surface area contributed by atoms with Crippen molar-refractivity contribution in [3.8, 4) is 0 Å². The first-order chi connectivity index (χ1) is 9.66. The summed E-state index contributed by atoms with van der Waals surface area (Å²) >= 11 is 0. The van der Waals surface area contributed by atoms with E-state index in [4.69, 9.17) is 0 Å². The fraction of sp³-hybridized carbons (Fsp3) is 0.400. The zero-order valence-electron chi connectivity index (χ0n) is 11.8. The molecule has 0 aromatic heterocycles. The Morgan fingerprint density at radius 1 is 1.38 bits per heavy atom. The van der Waals surface area contributed by atoms with Crippen molar-refractivity contribution >= 4 is 5.91 Å². The van der Waals surface area contributed by atoms with Crippen molar-refractivity contribution in [1.82, 2.24) is 5.32 Å². The minimum absolute atomic E-state index is 0.105. The van der Waals surface area contributed by atoms with Crippen LogP contribution in [0.25, 0.3) is 0 Å². The predicted molar refractivity (Wildman–Crippen MR) is 73.4 cm³/mol. The minimum atomic E-state index is -4.48. The van der Waals surface area contributed by atoms with Crippen LogP contribution in [0.3, 0.4) is 0 Å². The summed E-state index contributed by atoms with van der Waals surface area (Å²) in [5, 5.41) is 12.8. The van der Waals surface area contributed by atoms with Crippen molar-refractivity contribution in [1.29, 1.82) is 0 Å². The topological polar surface area (TPSA) is 49.3 Å². The van der Waals surface area contributed by atoms with Gasteiger partial charge in [-0.2, -0.15) is 13.2 Å². The zero-order valence-corrected chi connectivity index (χ0v) is 11.8. The minimum Gasteiger partial charge on any atom is -0.386 e. The van der Waals surface area contributed by atoms with Crippen molar-refractivity contribution in [3.05, 3.63) is 48.0 Å². The Bertz CT molecular complexity index is 512. The summed E-state index contributed by atoms with van der Waals surface area (Å²) < 4.78 is 38.1. The molecular formula is C15H18F3NO2. The molecule has 0 aliphatic carbocycles. The molecule has 1 rings (SSSR count). The second kappa shape index (κ2) is 6.76. The van der Waals surface area contributed by atoms with Gasteiger partial charge in [0.05, 0.1) is 17.7 Å². The van der Waals surface area contributed by atoms with Crippen molar-refractivity contribution < 1.29 is 23.1 Å². The Labute approximate surface area is 121 Å². The summed E-state index contributed by atoms with van der Waals surface area (Å²) in [4.78, 5) is 11.4. The molecule has 2 N–H and O–H groups in total. The molecule has 0 fully saturated rings. The monoisotopic (exact) mass is 301 g/mol. The second-order valence-corrected chi connectivity index (χ2v) is 5.05. The lowest BCUT2D eigenvalue weighted by molar-refractivity contribution is -0.137. The number of benzene rings is 1. The van der Waals surface area contributed by atoms with Gasteiger partial charge in [0.15, 0.2) is 0 Å². The van der Waals surface area contributed by atoms with E-state index < -0.39 is 29.8 Å². The van der Waals surface area contributed by atoms with Crippen LogP contribution in [-0.4, -0.2) is 17.1 Å². The van der Waals surface area contributed by atoms with Crippen molar-refractivity contribution in [2.75, 3.05) is 0 Å². The van der Waals surface area contributed by atoms with Gasteiger partial charge in [0.2, 0.25) is 5.91 Å². The molecule has 3 nitrogen and oxygen atoms in total. The van der Waals surface area contributed by atoms with E-state index in [1.807, 2.05) is 0 Å². The van der Waals surface area contributed by atoms with Crippen LogP contribution >= 0.6 is 0 Å². The van der Waals surface area contributed by atoms with Crippen LogP contribution in [0.15, 0.2) is 36.9 Å². The third-order valence-corrected chi connectivity index (χ3v) is 3.11. The fourth-order valence-electron chi connectivity index (χ4n) is 1.94. The Balaban J connectivity index is 3.06. The van der Waals surface area contributed by atoms with E-state index in [9.17, 15) is 23.1 Å². The highest BCUT2D eigenvalue weighted by molar-refractivity contribution is 5.87. The molecule has 1 aromatic carbocycles. The van der Waals surface area contributed by atoms with Gasteiger partial charge in [-0.15, -0.1) is 0 Å². The molecule has 0 saturated heterocycles. The summed E-state index contributed by atoms with van der Waals surface area (Å²) in [6, 6.07) is 3.74. The fourth-order valence-corrected chi connectivity index (χ4v) is 1.94. The maximum atomic E-state index is 12.7. The Morgan fingerprint density at radius 2 is 2.00 bits per heavy atom. The number of carbonyl (C=O) groups excluding carboxylic acids is 1. The van der Waals surface area contributed by atoms with E-state index >= 15 is 0 Å².